The second-order valence-electron chi connectivity index (χ2n) is 7.45. The van der Waals surface area contributed by atoms with Crippen LogP contribution in [0.2, 0.25) is 5.02 Å². The van der Waals surface area contributed by atoms with Crippen molar-refractivity contribution in [3.8, 4) is 23.0 Å². The zero-order chi connectivity index (χ0) is 25.8. The van der Waals surface area contributed by atoms with E-state index in [0.717, 1.165) is 11.1 Å². The molecule has 0 saturated heterocycles. The molecule has 0 bridgehead atoms. The van der Waals surface area contributed by atoms with E-state index in [4.69, 9.17) is 30.5 Å². The lowest BCUT2D eigenvalue weighted by Crippen LogP contribution is -2.17. The van der Waals surface area contributed by atoms with E-state index < -0.39 is 0 Å². The van der Waals surface area contributed by atoms with Gasteiger partial charge >= 0.3 is 0 Å². The van der Waals surface area contributed by atoms with Crippen LogP contribution in [0.15, 0.2) is 78.4 Å². The van der Waals surface area contributed by atoms with Crippen molar-refractivity contribution in [1.82, 2.24) is 5.43 Å². The molecule has 0 aliphatic rings. The summed E-state index contributed by atoms with van der Waals surface area (Å²) in [6.07, 6.45) is 3.17. The first kappa shape index (κ1) is 26.6. The van der Waals surface area contributed by atoms with Gasteiger partial charge in [0.15, 0.2) is 23.0 Å². The molecule has 188 valence electrons. The molecule has 3 aromatic carbocycles. The third kappa shape index (κ3) is 7.78. The molecule has 1 amide bonds. The van der Waals surface area contributed by atoms with Crippen LogP contribution in [0.1, 0.15) is 35.3 Å². The number of hydrazone groups is 1. The van der Waals surface area contributed by atoms with Crippen molar-refractivity contribution in [3.05, 3.63) is 95.0 Å². The molecule has 0 radical (unpaired) electrons. The van der Waals surface area contributed by atoms with Gasteiger partial charge in [-0.15, -0.1) is 0 Å². The lowest BCUT2D eigenvalue weighted by atomic mass is 10.2. The summed E-state index contributed by atoms with van der Waals surface area (Å²) in [5, 5.41) is 4.73. The second-order valence-corrected chi connectivity index (χ2v) is 7.89. The SMILES string of the molecule is C=CCOc1ccc(C(=O)N/N=C/c2ccc(OCc3cccc(Cl)c3)c(OCC)c2)cc1OCC. The first-order valence-electron chi connectivity index (χ1n) is 11.5. The van der Waals surface area contributed by atoms with Gasteiger partial charge in [-0.1, -0.05) is 36.4 Å². The Morgan fingerprint density at radius 2 is 1.64 bits per heavy atom. The van der Waals surface area contributed by atoms with Crippen molar-refractivity contribution < 1.29 is 23.7 Å². The summed E-state index contributed by atoms with van der Waals surface area (Å²) in [5.74, 6) is 1.81. The summed E-state index contributed by atoms with van der Waals surface area (Å²) in [5.41, 5.74) is 4.60. The van der Waals surface area contributed by atoms with Gasteiger partial charge in [0.2, 0.25) is 0 Å². The molecule has 36 heavy (non-hydrogen) atoms. The monoisotopic (exact) mass is 508 g/mol. The highest BCUT2D eigenvalue weighted by molar-refractivity contribution is 6.30. The van der Waals surface area contributed by atoms with E-state index >= 15 is 0 Å². The lowest BCUT2D eigenvalue weighted by molar-refractivity contribution is 0.0954. The molecule has 3 rings (SSSR count). The van der Waals surface area contributed by atoms with E-state index in [2.05, 4.69) is 17.1 Å². The first-order chi connectivity index (χ1) is 17.5. The number of halogens is 1. The van der Waals surface area contributed by atoms with Crippen molar-refractivity contribution in [1.29, 1.82) is 0 Å². The predicted octanol–water partition coefficient (Wildman–Crippen LogP) is 6.05. The van der Waals surface area contributed by atoms with Crippen LogP contribution >= 0.6 is 11.6 Å². The van der Waals surface area contributed by atoms with Crippen molar-refractivity contribution in [2.24, 2.45) is 5.10 Å². The van der Waals surface area contributed by atoms with E-state index in [1.165, 1.54) is 6.21 Å². The van der Waals surface area contributed by atoms with Crippen molar-refractivity contribution in [2.45, 2.75) is 20.5 Å². The summed E-state index contributed by atoms with van der Waals surface area (Å²) >= 11 is 6.05. The molecule has 3 aromatic rings. The minimum Gasteiger partial charge on any atom is -0.490 e. The van der Waals surface area contributed by atoms with Crippen molar-refractivity contribution in [2.75, 3.05) is 19.8 Å². The Morgan fingerprint density at radius 3 is 2.36 bits per heavy atom. The fraction of sp³-hybridized carbons (Fsp3) is 0.214. The van der Waals surface area contributed by atoms with Gasteiger partial charge in [0.05, 0.1) is 19.4 Å². The Hall–Kier alpha value is -3.97. The summed E-state index contributed by atoms with van der Waals surface area (Å²) in [6, 6.07) is 17.8. The highest BCUT2D eigenvalue weighted by atomic mass is 35.5. The van der Waals surface area contributed by atoms with Gasteiger partial charge in [0, 0.05) is 10.6 Å². The number of benzene rings is 3. The van der Waals surface area contributed by atoms with Crippen LogP contribution in [0.5, 0.6) is 23.0 Å². The van der Waals surface area contributed by atoms with Crippen LogP contribution in [0, 0.1) is 0 Å². The smallest absolute Gasteiger partial charge is 0.271 e. The predicted molar refractivity (Wildman–Crippen MR) is 142 cm³/mol. The third-order valence-electron chi connectivity index (χ3n) is 4.79. The second kappa shape index (κ2) is 13.8. The molecule has 8 heteroatoms. The van der Waals surface area contributed by atoms with Crippen molar-refractivity contribution in [3.63, 3.8) is 0 Å². The average Bonchev–Trinajstić information content (AvgIpc) is 2.88. The van der Waals surface area contributed by atoms with Gasteiger partial charge < -0.3 is 18.9 Å². The maximum absolute atomic E-state index is 12.6. The van der Waals surface area contributed by atoms with Gasteiger partial charge in [-0.2, -0.15) is 5.10 Å². The number of carbonyl (C=O) groups excluding carboxylic acids is 1. The molecular weight excluding hydrogens is 480 g/mol. The average molecular weight is 509 g/mol. The van der Waals surface area contributed by atoms with Crippen LogP contribution in [-0.2, 0) is 6.61 Å². The number of hydrogen-bond acceptors (Lipinski definition) is 6. The van der Waals surface area contributed by atoms with Gasteiger partial charge in [0.25, 0.3) is 5.91 Å². The molecule has 0 unspecified atom stereocenters. The van der Waals surface area contributed by atoms with E-state index in [9.17, 15) is 4.79 Å². The largest absolute Gasteiger partial charge is 0.490 e. The molecule has 0 heterocycles. The maximum Gasteiger partial charge on any atom is 0.271 e. The van der Waals surface area contributed by atoms with Crippen LogP contribution in [0.4, 0.5) is 0 Å². The van der Waals surface area contributed by atoms with E-state index in [1.807, 2.05) is 44.2 Å². The minimum absolute atomic E-state index is 0.337. The molecule has 7 nitrogen and oxygen atoms in total. The number of amides is 1. The highest BCUT2D eigenvalue weighted by Crippen LogP contribution is 2.30. The van der Waals surface area contributed by atoms with Gasteiger partial charge in [0.1, 0.15) is 13.2 Å². The van der Waals surface area contributed by atoms with E-state index in [0.29, 0.717) is 60.0 Å². The summed E-state index contributed by atoms with van der Waals surface area (Å²) in [6.45, 7) is 8.99. The fourth-order valence-electron chi connectivity index (χ4n) is 3.20. The van der Waals surface area contributed by atoms with E-state index in [1.54, 1.807) is 36.4 Å². The lowest BCUT2D eigenvalue weighted by Gasteiger charge is -2.13. The maximum atomic E-state index is 12.6. The normalized spacial score (nSPS) is 10.6. The van der Waals surface area contributed by atoms with Gasteiger partial charge in [-0.05, 0) is 73.5 Å². The molecule has 1 N–H and O–H groups in total. The molecule has 0 saturated carbocycles. The summed E-state index contributed by atoms with van der Waals surface area (Å²) in [4.78, 5) is 12.6. The Morgan fingerprint density at radius 1 is 0.917 bits per heavy atom. The van der Waals surface area contributed by atoms with Crippen molar-refractivity contribution >= 4 is 23.7 Å². The molecule has 0 atom stereocenters. The van der Waals surface area contributed by atoms with Crippen LogP contribution in [0.25, 0.3) is 0 Å². The number of nitrogens with one attached hydrogen (secondary N) is 1. The number of nitrogens with zero attached hydrogens (tertiary/aromatic N) is 1. The Bertz CT molecular complexity index is 1210. The summed E-state index contributed by atoms with van der Waals surface area (Å²) in [7, 11) is 0. The van der Waals surface area contributed by atoms with Gasteiger partial charge in [-0.25, -0.2) is 5.43 Å². The Balaban J connectivity index is 1.66. The van der Waals surface area contributed by atoms with E-state index in [-0.39, 0.29) is 5.91 Å². The third-order valence-corrected chi connectivity index (χ3v) is 5.03. The van der Waals surface area contributed by atoms with Gasteiger partial charge in [-0.3, -0.25) is 4.79 Å². The highest BCUT2D eigenvalue weighted by Gasteiger charge is 2.11. The number of ether oxygens (including phenoxy) is 4. The molecule has 0 fully saturated rings. The first-order valence-corrected chi connectivity index (χ1v) is 11.9. The zero-order valence-electron chi connectivity index (χ0n) is 20.3. The molecule has 0 spiro atoms. The fourth-order valence-corrected chi connectivity index (χ4v) is 3.41. The Kier molecular flexibility index (Phi) is 10.2. The molecule has 0 aromatic heterocycles. The topological polar surface area (TPSA) is 78.4 Å². The van der Waals surface area contributed by atoms with Crippen LogP contribution < -0.4 is 24.4 Å². The molecule has 0 aliphatic carbocycles. The molecular formula is C28H29ClN2O5. The number of rotatable bonds is 13. The quantitative estimate of drug-likeness (QED) is 0.173. The number of hydrogen-bond donors (Lipinski definition) is 1. The Labute approximate surface area is 216 Å². The zero-order valence-corrected chi connectivity index (χ0v) is 21.1. The molecule has 0 aliphatic heterocycles. The van der Waals surface area contributed by atoms with Crippen LogP contribution in [0.3, 0.4) is 0 Å². The standard InChI is InChI=1S/C28H29ClN2O5/c1-4-14-35-24-13-11-22(17-27(24)34-6-3)28(32)31-30-18-20-10-12-25(26(16-20)33-5-2)36-19-21-8-7-9-23(29)15-21/h4,7-13,15-18H,1,5-6,14,19H2,2-3H3,(H,31,32)/b30-18+. The van der Waals surface area contributed by atoms with Crippen LogP contribution in [-0.4, -0.2) is 31.9 Å². The minimum atomic E-state index is -0.381. The summed E-state index contributed by atoms with van der Waals surface area (Å²) < 4.78 is 22.8. The number of carbonyl (C=O) groups is 1.